The van der Waals surface area contributed by atoms with E-state index in [0.29, 0.717) is 23.4 Å². The molecule has 0 spiro atoms. The van der Waals surface area contributed by atoms with Crippen LogP contribution < -0.4 is 0 Å². The SMILES string of the molecule is CCCCCC[C@H](F)Cc1cc(-c2ncc(CCc3ccc(CCCCC)cc3)cn2)ccc1C(=O)O. The molecule has 37 heavy (non-hydrogen) atoms. The van der Waals surface area contributed by atoms with E-state index in [1.165, 1.54) is 30.4 Å². The van der Waals surface area contributed by atoms with Crippen molar-refractivity contribution in [3.8, 4) is 11.4 Å². The Hall–Kier alpha value is -3.08. The average molecular weight is 505 g/mol. The van der Waals surface area contributed by atoms with Crippen molar-refractivity contribution in [1.29, 1.82) is 0 Å². The summed E-state index contributed by atoms with van der Waals surface area (Å²) in [6.45, 7) is 4.35. The van der Waals surface area contributed by atoms with Crippen LogP contribution in [0.2, 0.25) is 0 Å². The Bertz CT molecular complexity index is 1100. The minimum atomic E-state index is -1.06. The second-order valence-electron chi connectivity index (χ2n) is 10.0. The van der Waals surface area contributed by atoms with Crippen LogP contribution in [0.3, 0.4) is 0 Å². The first kappa shape index (κ1) is 28.5. The normalized spacial score (nSPS) is 12.0. The number of halogens is 1. The van der Waals surface area contributed by atoms with Gasteiger partial charge in [0, 0.05) is 24.4 Å². The largest absolute Gasteiger partial charge is 0.478 e. The quantitative estimate of drug-likeness (QED) is 0.200. The monoisotopic (exact) mass is 504 g/mol. The van der Waals surface area contributed by atoms with Crippen molar-refractivity contribution in [2.24, 2.45) is 0 Å². The van der Waals surface area contributed by atoms with Crippen LogP contribution in [0, 0.1) is 0 Å². The third kappa shape index (κ3) is 9.38. The summed E-state index contributed by atoms with van der Waals surface area (Å²) in [6.07, 6.45) is 13.9. The van der Waals surface area contributed by atoms with Gasteiger partial charge in [0.2, 0.25) is 0 Å². The Balaban J connectivity index is 1.61. The number of alkyl halides is 1. The van der Waals surface area contributed by atoms with Crippen molar-refractivity contribution >= 4 is 5.97 Å². The molecule has 3 aromatic rings. The van der Waals surface area contributed by atoms with Gasteiger partial charge in [-0.25, -0.2) is 19.2 Å². The van der Waals surface area contributed by atoms with Gasteiger partial charge in [-0.15, -0.1) is 0 Å². The summed E-state index contributed by atoms with van der Waals surface area (Å²) >= 11 is 0. The highest BCUT2D eigenvalue weighted by molar-refractivity contribution is 5.90. The Morgan fingerprint density at radius 2 is 1.43 bits per heavy atom. The lowest BCUT2D eigenvalue weighted by Gasteiger charge is -2.12. The number of rotatable bonds is 16. The van der Waals surface area contributed by atoms with E-state index in [-0.39, 0.29) is 12.0 Å². The van der Waals surface area contributed by atoms with Gasteiger partial charge in [-0.2, -0.15) is 0 Å². The van der Waals surface area contributed by atoms with Crippen LogP contribution in [-0.4, -0.2) is 27.2 Å². The molecule has 198 valence electrons. The van der Waals surface area contributed by atoms with Gasteiger partial charge in [0.1, 0.15) is 6.17 Å². The van der Waals surface area contributed by atoms with E-state index >= 15 is 0 Å². The fourth-order valence-corrected chi connectivity index (χ4v) is 4.62. The van der Waals surface area contributed by atoms with Crippen LogP contribution in [0.25, 0.3) is 11.4 Å². The molecule has 0 radical (unpaired) electrons. The number of aromatic nitrogens is 2. The Morgan fingerprint density at radius 1 is 0.811 bits per heavy atom. The molecule has 1 heterocycles. The molecule has 4 nitrogen and oxygen atoms in total. The molecule has 0 aliphatic heterocycles. The molecule has 0 fully saturated rings. The predicted molar refractivity (Wildman–Crippen MR) is 149 cm³/mol. The van der Waals surface area contributed by atoms with Crippen LogP contribution in [0.15, 0.2) is 54.9 Å². The third-order valence-electron chi connectivity index (χ3n) is 6.91. The van der Waals surface area contributed by atoms with Gasteiger partial charge in [0.05, 0.1) is 5.56 Å². The highest BCUT2D eigenvalue weighted by atomic mass is 19.1. The highest BCUT2D eigenvalue weighted by Crippen LogP contribution is 2.23. The van der Waals surface area contributed by atoms with Crippen LogP contribution in [-0.2, 0) is 25.7 Å². The number of aromatic carboxylic acids is 1. The number of hydrogen-bond acceptors (Lipinski definition) is 3. The van der Waals surface area contributed by atoms with Crippen LogP contribution in [0.1, 0.15) is 97.8 Å². The zero-order valence-corrected chi connectivity index (χ0v) is 22.4. The van der Waals surface area contributed by atoms with Gasteiger partial charge in [0.25, 0.3) is 0 Å². The third-order valence-corrected chi connectivity index (χ3v) is 6.91. The van der Waals surface area contributed by atoms with Crippen molar-refractivity contribution in [3.63, 3.8) is 0 Å². The van der Waals surface area contributed by atoms with Crippen LogP contribution in [0.4, 0.5) is 4.39 Å². The van der Waals surface area contributed by atoms with Crippen molar-refractivity contribution in [2.75, 3.05) is 0 Å². The van der Waals surface area contributed by atoms with E-state index in [1.807, 2.05) is 12.4 Å². The summed E-state index contributed by atoms with van der Waals surface area (Å²) in [5, 5.41) is 9.59. The standard InChI is InChI=1S/C32H41FN2O2/c1-3-5-7-9-11-29(33)21-28-20-27(18-19-30(28)32(36)37)31-34-22-26(23-35-31)17-16-25-14-12-24(13-15-25)10-8-6-4-2/h12-15,18-20,22-23,29H,3-11,16-17,21H2,1-2H3,(H,36,37)/t29-/m0/s1. The summed E-state index contributed by atoms with van der Waals surface area (Å²) in [6, 6.07) is 13.9. The second-order valence-corrected chi connectivity index (χ2v) is 10.0. The molecule has 0 saturated carbocycles. The topological polar surface area (TPSA) is 63.1 Å². The maximum Gasteiger partial charge on any atom is 0.335 e. The summed E-state index contributed by atoms with van der Waals surface area (Å²) in [5.74, 6) is -0.512. The lowest BCUT2D eigenvalue weighted by atomic mass is 9.96. The molecular formula is C32H41FN2O2. The van der Waals surface area contributed by atoms with E-state index < -0.39 is 12.1 Å². The zero-order valence-electron chi connectivity index (χ0n) is 22.4. The van der Waals surface area contributed by atoms with Gasteiger partial charge in [-0.05, 0) is 66.5 Å². The molecule has 0 amide bonds. The van der Waals surface area contributed by atoms with Gasteiger partial charge >= 0.3 is 5.97 Å². The summed E-state index contributed by atoms with van der Waals surface area (Å²) in [5.41, 5.74) is 5.10. The molecule has 2 aromatic carbocycles. The van der Waals surface area contributed by atoms with Gasteiger partial charge in [-0.1, -0.05) is 82.7 Å². The molecular weight excluding hydrogens is 463 g/mol. The maximum atomic E-state index is 14.6. The number of benzene rings is 2. The van der Waals surface area contributed by atoms with Crippen LogP contribution in [0.5, 0.6) is 0 Å². The molecule has 0 unspecified atom stereocenters. The number of unbranched alkanes of at least 4 members (excludes halogenated alkanes) is 5. The van der Waals surface area contributed by atoms with E-state index in [4.69, 9.17) is 0 Å². The number of carboxylic acids is 1. The predicted octanol–water partition coefficient (Wildman–Crippen LogP) is 8.21. The highest BCUT2D eigenvalue weighted by Gasteiger charge is 2.17. The van der Waals surface area contributed by atoms with Gasteiger partial charge in [-0.3, -0.25) is 0 Å². The fraction of sp³-hybridized carbons (Fsp3) is 0.469. The number of hydrogen-bond donors (Lipinski definition) is 1. The van der Waals surface area contributed by atoms with Gasteiger partial charge in [0.15, 0.2) is 5.82 Å². The number of aryl methyl sites for hydroxylation is 3. The Kier molecular flexibility index (Phi) is 11.7. The lowest BCUT2D eigenvalue weighted by molar-refractivity contribution is 0.0695. The van der Waals surface area contributed by atoms with Gasteiger partial charge < -0.3 is 5.11 Å². The van der Waals surface area contributed by atoms with E-state index in [9.17, 15) is 14.3 Å². The zero-order chi connectivity index (χ0) is 26.5. The first-order chi connectivity index (χ1) is 18.0. The van der Waals surface area contributed by atoms with Crippen LogP contribution >= 0.6 is 0 Å². The lowest BCUT2D eigenvalue weighted by Crippen LogP contribution is -2.10. The van der Waals surface area contributed by atoms with E-state index in [2.05, 4.69) is 48.1 Å². The molecule has 1 aromatic heterocycles. The molecule has 0 aliphatic rings. The average Bonchev–Trinajstić information content (AvgIpc) is 2.91. The number of carboxylic acid groups (broad SMARTS) is 1. The summed E-state index contributed by atoms with van der Waals surface area (Å²) in [7, 11) is 0. The van der Waals surface area contributed by atoms with E-state index in [1.54, 1.807) is 18.2 Å². The number of nitrogens with zero attached hydrogens (tertiary/aromatic N) is 2. The van der Waals surface area contributed by atoms with Crippen molar-refractivity contribution < 1.29 is 14.3 Å². The fourth-order valence-electron chi connectivity index (χ4n) is 4.62. The maximum absolute atomic E-state index is 14.6. The molecule has 0 aliphatic carbocycles. The summed E-state index contributed by atoms with van der Waals surface area (Å²) in [4.78, 5) is 20.8. The molecule has 0 saturated heterocycles. The Morgan fingerprint density at radius 3 is 2.08 bits per heavy atom. The number of carbonyl (C=O) groups is 1. The van der Waals surface area contributed by atoms with Crippen molar-refractivity contribution in [2.45, 2.75) is 97.1 Å². The summed E-state index contributed by atoms with van der Waals surface area (Å²) < 4.78 is 14.6. The molecule has 1 atom stereocenters. The molecule has 3 rings (SSSR count). The second kappa shape index (κ2) is 15.2. The first-order valence-corrected chi connectivity index (χ1v) is 13.9. The molecule has 5 heteroatoms. The first-order valence-electron chi connectivity index (χ1n) is 13.9. The van der Waals surface area contributed by atoms with E-state index in [0.717, 1.165) is 50.5 Å². The van der Waals surface area contributed by atoms with Crippen molar-refractivity contribution in [3.05, 3.63) is 82.7 Å². The molecule has 1 N–H and O–H groups in total. The minimum absolute atomic E-state index is 0.0943. The molecule has 0 bridgehead atoms. The Labute approximate surface area is 221 Å². The minimum Gasteiger partial charge on any atom is -0.478 e. The smallest absolute Gasteiger partial charge is 0.335 e. The van der Waals surface area contributed by atoms with Crippen molar-refractivity contribution in [1.82, 2.24) is 9.97 Å².